The van der Waals surface area contributed by atoms with Gasteiger partial charge < -0.3 is 24.6 Å². The third-order valence-corrected chi connectivity index (χ3v) is 5.91. The molecule has 2 N–H and O–H groups in total. The molecule has 2 aliphatic heterocycles. The van der Waals surface area contributed by atoms with E-state index in [0.29, 0.717) is 12.5 Å². The van der Waals surface area contributed by atoms with Crippen LogP contribution in [0.25, 0.3) is 0 Å². The Hall–Kier alpha value is -0.200. The quantitative estimate of drug-likeness (QED) is 0.711. The van der Waals surface area contributed by atoms with Crippen LogP contribution < -0.4 is 5.32 Å². The van der Waals surface area contributed by atoms with Gasteiger partial charge in [-0.05, 0) is 31.7 Å². The number of ether oxygens (including phenoxy) is 3. The van der Waals surface area contributed by atoms with E-state index < -0.39 is 18.2 Å². The van der Waals surface area contributed by atoms with E-state index in [0.717, 1.165) is 32.2 Å². The Labute approximate surface area is 146 Å². The molecule has 3 rings (SSSR count). The van der Waals surface area contributed by atoms with Crippen LogP contribution in [0.1, 0.15) is 71.6 Å². The third kappa shape index (κ3) is 4.13. The zero-order valence-electron chi connectivity index (χ0n) is 15.3. The molecule has 0 aromatic rings. The van der Waals surface area contributed by atoms with E-state index in [1.54, 1.807) is 0 Å². The van der Waals surface area contributed by atoms with Crippen LogP contribution >= 0.6 is 0 Å². The van der Waals surface area contributed by atoms with Crippen LogP contribution in [0.3, 0.4) is 0 Å². The van der Waals surface area contributed by atoms with Crippen LogP contribution in [0.15, 0.2) is 0 Å². The summed E-state index contributed by atoms with van der Waals surface area (Å²) < 4.78 is 18.2. The van der Waals surface area contributed by atoms with Crippen LogP contribution in [0.2, 0.25) is 0 Å². The lowest BCUT2D eigenvalue weighted by atomic mass is 9.94. The topological polar surface area (TPSA) is 60.0 Å². The molecule has 1 unspecified atom stereocenters. The average molecular weight is 341 g/mol. The van der Waals surface area contributed by atoms with E-state index in [2.05, 4.69) is 19.2 Å². The van der Waals surface area contributed by atoms with Gasteiger partial charge in [-0.2, -0.15) is 0 Å². The fraction of sp³-hybridized carbons (Fsp3) is 1.00. The van der Waals surface area contributed by atoms with Crippen molar-refractivity contribution in [2.24, 2.45) is 5.92 Å². The zero-order chi connectivity index (χ0) is 17.0. The fourth-order valence-corrected chi connectivity index (χ4v) is 4.28. The highest BCUT2D eigenvalue weighted by molar-refractivity contribution is 4.96. The highest BCUT2D eigenvalue weighted by Crippen LogP contribution is 2.44. The average Bonchev–Trinajstić information content (AvgIpc) is 3.07. The third-order valence-electron chi connectivity index (χ3n) is 5.91. The Bertz CT molecular complexity index is 386. The summed E-state index contributed by atoms with van der Waals surface area (Å²) in [4.78, 5) is 0. The van der Waals surface area contributed by atoms with Crippen molar-refractivity contribution in [3.63, 3.8) is 0 Å². The molecule has 1 spiro atoms. The summed E-state index contributed by atoms with van der Waals surface area (Å²) in [5, 5.41) is 14.0. The van der Waals surface area contributed by atoms with Gasteiger partial charge in [0.25, 0.3) is 0 Å². The molecule has 3 aliphatic rings. The lowest BCUT2D eigenvalue weighted by Gasteiger charge is -2.33. The Balaban J connectivity index is 1.42. The van der Waals surface area contributed by atoms with Gasteiger partial charge in [-0.15, -0.1) is 0 Å². The number of unbranched alkanes of at least 4 members (excludes halogenated alkanes) is 1. The van der Waals surface area contributed by atoms with Gasteiger partial charge in [0.05, 0.1) is 0 Å². The van der Waals surface area contributed by atoms with Crippen molar-refractivity contribution >= 4 is 0 Å². The maximum atomic E-state index is 10.6. The van der Waals surface area contributed by atoms with Crippen molar-refractivity contribution in [2.45, 2.75) is 102 Å². The molecule has 3 fully saturated rings. The van der Waals surface area contributed by atoms with Crippen molar-refractivity contribution in [1.29, 1.82) is 0 Å². The summed E-state index contributed by atoms with van der Waals surface area (Å²) in [5.74, 6) is 0.224. The highest BCUT2D eigenvalue weighted by Gasteiger charge is 2.57. The molecule has 5 heteroatoms. The van der Waals surface area contributed by atoms with Crippen LogP contribution in [0.4, 0.5) is 0 Å². The van der Waals surface area contributed by atoms with Crippen molar-refractivity contribution in [2.75, 3.05) is 13.1 Å². The first kappa shape index (κ1) is 18.6. The molecule has 0 amide bonds. The van der Waals surface area contributed by atoms with Crippen LogP contribution in [0, 0.1) is 5.92 Å². The summed E-state index contributed by atoms with van der Waals surface area (Å²) in [6.45, 7) is 6.14. The number of aliphatic hydroxyl groups is 1. The van der Waals surface area contributed by atoms with Gasteiger partial charge >= 0.3 is 0 Å². The van der Waals surface area contributed by atoms with Crippen LogP contribution in [-0.2, 0) is 14.2 Å². The summed E-state index contributed by atoms with van der Waals surface area (Å²) in [6.07, 6.45) is 8.83. The first-order chi connectivity index (χ1) is 11.7. The number of fused-ring (bicyclic) bond motifs is 1. The lowest BCUT2D eigenvalue weighted by molar-refractivity contribution is -0.245. The Morgan fingerprint density at radius 3 is 2.62 bits per heavy atom. The standard InChI is InChI=1S/C19H35NO4/c1-3-5-9-14(4-2)12-20-13-15-16(21)17-18(22-15)24-19(23-17)10-7-6-8-11-19/h14-18,20-21H,3-13H2,1-2H3/t14?,15-,16+,17-,18-/m1/s1. The van der Waals surface area contributed by atoms with Crippen molar-refractivity contribution in [3.05, 3.63) is 0 Å². The molecule has 2 saturated heterocycles. The minimum absolute atomic E-state index is 0.232. The summed E-state index contributed by atoms with van der Waals surface area (Å²) in [7, 11) is 0. The monoisotopic (exact) mass is 341 g/mol. The van der Waals surface area contributed by atoms with Crippen molar-refractivity contribution in [1.82, 2.24) is 5.32 Å². The van der Waals surface area contributed by atoms with Gasteiger partial charge in [-0.3, -0.25) is 0 Å². The minimum Gasteiger partial charge on any atom is -0.387 e. The first-order valence-corrected chi connectivity index (χ1v) is 10.1. The summed E-state index contributed by atoms with van der Waals surface area (Å²) in [5.41, 5.74) is 0. The molecule has 0 radical (unpaired) electrons. The molecule has 2 heterocycles. The van der Waals surface area contributed by atoms with Gasteiger partial charge in [0.1, 0.15) is 18.3 Å². The van der Waals surface area contributed by atoms with E-state index >= 15 is 0 Å². The molecule has 0 aromatic heterocycles. The Morgan fingerprint density at radius 1 is 1.17 bits per heavy atom. The van der Waals surface area contributed by atoms with Gasteiger partial charge in [0.15, 0.2) is 12.1 Å². The first-order valence-electron chi connectivity index (χ1n) is 10.1. The van der Waals surface area contributed by atoms with E-state index in [9.17, 15) is 5.11 Å². The molecule has 24 heavy (non-hydrogen) atoms. The second-order valence-corrected chi connectivity index (χ2v) is 7.78. The number of rotatable bonds is 8. The predicted octanol–water partition coefficient (Wildman–Crippen LogP) is 2.95. The van der Waals surface area contributed by atoms with Gasteiger partial charge in [0.2, 0.25) is 0 Å². The number of aliphatic hydroxyl groups excluding tert-OH is 1. The van der Waals surface area contributed by atoms with Gasteiger partial charge in [-0.25, -0.2) is 0 Å². The molecule has 5 atom stereocenters. The molecule has 0 aromatic carbocycles. The minimum atomic E-state index is -0.598. The van der Waals surface area contributed by atoms with E-state index in [1.807, 2.05) is 0 Å². The number of nitrogens with one attached hydrogen (secondary N) is 1. The highest BCUT2D eigenvalue weighted by atomic mass is 16.8. The van der Waals surface area contributed by atoms with Crippen LogP contribution in [0.5, 0.6) is 0 Å². The zero-order valence-corrected chi connectivity index (χ0v) is 15.3. The molecule has 140 valence electrons. The SMILES string of the molecule is CCCCC(CC)CNC[C@H]1O[C@@H]2OC3(CCCCC3)O[C@@H]2[C@H]1O. The Morgan fingerprint density at radius 2 is 1.96 bits per heavy atom. The maximum absolute atomic E-state index is 10.6. The van der Waals surface area contributed by atoms with Gasteiger partial charge in [-0.1, -0.05) is 39.5 Å². The van der Waals surface area contributed by atoms with E-state index in [-0.39, 0.29) is 12.2 Å². The second-order valence-electron chi connectivity index (χ2n) is 7.78. The second kappa shape index (κ2) is 8.45. The molecule has 1 aliphatic carbocycles. The molecular formula is C19H35NO4. The fourth-order valence-electron chi connectivity index (χ4n) is 4.28. The lowest BCUT2D eigenvalue weighted by Crippen LogP contribution is -2.42. The van der Waals surface area contributed by atoms with Crippen molar-refractivity contribution in [3.8, 4) is 0 Å². The van der Waals surface area contributed by atoms with Crippen molar-refractivity contribution < 1.29 is 19.3 Å². The van der Waals surface area contributed by atoms with Gasteiger partial charge in [0, 0.05) is 19.4 Å². The van der Waals surface area contributed by atoms with E-state index in [1.165, 1.54) is 32.1 Å². The molecule has 1 saturated carbocycles. The summed E-state index contributed by atoms with van der Waals surface area (Å²) in [6, 6.07) is 0. The number of hydrogen-bond donors (Lipinski definition) is 2. The predicted molar refractivity (Wildman–Crippen MR) is 92.6 cm³/mol. The molecular weight excluding hydrogens is 306 g/mol. The Kier molecular flexibility index (Phi) is 6.55. The maximum Gasteiger partial charge on any atom is 0.190 e. The molecule has 5 nitrogen and oxygen atoms in total. The van der Waals surface area contributed by atoms with Crippen LogP contribution in [-0.4, -0.2) is 48.6 Å². The largest absolute Gasteiger partial charge is 0.387 e. The van der Waals surface area contributed by atoms with E-state index in [4.69, 9.17) is 14.2 Å². The molecule has 0 bridgehead atoms. The number of hydrogen-bond acceptors (Lipinski definition) is 5. The summed E-state index contributed by atoms with van der Waals surface area (Å²) >= 11 is 0. The smallest absolute Gasteiger partial charge is 0.190 e. The normalized spacial score (nSPS) is 36.1.